The van der Waals surface area contributed by atoms with Gasteiger partial charge in [0.25, 0.3) is 0 Å². The summed E-state index contributed by atoms with van der Waals surface area (Å²) in [6.45, 7) is 0.721. The van der Waals surface area contributed by atoms with Crippen LogP contribution in [0.25, 0.3) is 0 Å². The maximum Gasteiger partial charge on any atom is 0.121 e. The molecule has 0 unspecified atom stereocenters. The van der Waals surface area contributed by atoms with Crippen LogP contribution in [-0.4, -0.2) is 13.7 Å². The van der Waals surface area contributed by atoms with E-state index in [1.807, 2.05) is 30.3 Å². The molecule has 0 fully saturated rings. The van der Waals surface area contributed by atoms with Gasteiger partial charge in [-0.2, -0.15) is 0 Å². The third-order valence-corrected chi connectivity index (χ3v) is 3.57. The van der Waals surface area contributed by atoms with Crippen molar-refractivity contribution >= 4 is 34.6 Å². The van der Waals surface area contributed by atoms with Gasteiger partial charge in [0.1, 0.15) is 5.75 Å². The lowest BCUT2D eigenvalue weighted by Gasteiger charge is -2.11. The molecule has 3 nitrogen and oxygen atoms in total. The number of nitrogen functional groups attached to an aromatic ring is 1. The molecule has 0 aliphatic carbocycles. The number of anilines is 2. The van der Waals surface area contributed by atoms with E-state index in [-0.39, 0.29) is 0 Å². The fourth-order valence-corrected chi connectivity index (χ4v) is 2.37. The zero-order valence-electron chi connectivity index (χ0n) is 11.1. The molecule has 20 heavy (non-hydrogen) atoms. The average molecular weight is 311 g/mol. The number of ether oxygens (including phenoxy) is 1. The van der Waals surface area contributed by atoms with E-state index in [1.165, 1.54) is 0 Å². The van der Waals surface area contributed by atoms with Gasteiger partial charge in [0, 0.05) is 22.7 Å². The summed E-state index contributed by atoms with van der Waals surface area (Å²) in [7, 11) is 1.63. The highest BCUT2D eigenvalue weighted by atomic mass is 35.5. The quantitative estimate of drug-likeness (QED) is 0.812. The van der Waals surface area contributed by atoms with E-state index >= 15 is 0 Å². The Morgan fingerprint density at radius 1 is 1.15 bits per heavy atom. The minimum absolute atomic E-state index is 0.642. The first kappa shape index (κ1) is 14.8. The molecule has 2 aromatic carbocycles. The van der Waals surface area contributed by atoms with Crippen LogP contribution in [0.1, 0.15) is 5.56 Å². The largest absolute Gasteiger partial charge is 0.497 e. The lowest BCUT2D eigenvalue weighted by atomic mass is 10.1. The molecule has 0 saturated heterocycles. The van der Waals surface area contributed by atoms with E-state index in [2.05, 4.69) is 5.32 Å². The molecular formula is C15H16Cl2N2O. The Kier molecular flexibility index (Phi) is 4.99. The van der Waals surface area contributed by atoms with Crippen molar-refractivity contribution in [3.05, 3.63) is 52.0 Å². The van der Waals surface area contributed by atoms with Gasteiger partial charge in [0.2, 0.25) is 0 Å². The third kappa shape index (κ3) is 3.71. The van der Waals surface area contributed by atoms with E-state index in [0.29, 0.717) is 15.7 Å². The average Bonchev–Trinajstić information content (AvgIpc) is 2.43. The van der Waals surface area contributed by atoms with Crippen LogP contribution in [0.5, 0.6) is 5.75 Å². The van der Waals surface area contributed by atoms with E-state index in [1.54, 1.807) is 13.2 Å². The maximum absolute atomic E-state index is 6.13. The molecule has 0 heterocycles. The maximum atomic E-state index is 6.13. The first-order chi connectivity index (χ1) is 9.60. The monoisotopic (exact) mass is 310 g/mol. The number of hydrogen-bond donors (Lipinski definition) is 2. The molecule has 106 valence electrons. The molecule has 0 aromatic heterocycles. The van der Waals surface area contributed by atoms with Crippen molar-refractivity contribution in [1.82, 2.24) is 0 Å². The Balaban J connectivity index is 1.99. The SMILES string of the molecule is COc1ccc(N)c(NCCc2ccc(Cl)cc2Cl)c1. The molecule has 0 spiro atoms. The lowest BCUT2D eigenvalue weighted by molar-refractivity contribution is 0.415. The Labute approximate surface area is 128 Å². The number of halogens is 2. The van der Waals surface area contributed by atoms with Crippen LogP contribution in [-0.2, 0) is 6.42 Å². The standard InChI is InChI=1S/C15H16Cl2N2O/c1-20-12-4-5-14(18)15(9-12)19-7-6-10-2-3-11(16)8-13(10)17/h2-5,8-9,19H,6-7,18H2,1H3. The Morgan fingerprint density at radius 2 is 1.95 bits per heavy atom. The number of rotatable bonds is 5. The zero-order valence-corrected chi connectivity index (χ0v) is 12.6. The summed E-state index contributed by atoms with van der Waals surface area (Å²) < 4.78 is 5.18. The van der Waals surface area contributed by atoms with Crippen LogP contribution in [0.4, 0.5) is 11.4 Å². The molecule has 3 N–H and O–H groups in total. The summed E-state index contributed by atoms with van der Waals surface area (Å²) in [6, 6.07) is 11.0. The predicted octanol–water partition coefficient (Wildman–Crippen LogP) is 4.24. The molecule has 0 bridgehead atoms. The van der Waals surface area contributed by atoms with Crippen molar-refractivity contribution in [2.75, 3.05) is 24.7 Å². The van der Waals surface area contributed by atoms with Crippen LogP contribution in [0.3, 0.4) is 0 Å². The molecule has 2 rings (SSSR count). The van der Waals surface area contributed by atoms with Crippen molar-refractivity contribution in [3.8, 4) is 5.75 Å². The molecule has 5 heteroatoms. The summed E-state index contributed by atoms with van der Waals surface area (Å²) in [4.78, 5) is 0. The Bertz CT molecular complexity index is 602. The normalized spacial score (nSPS) is 10.3. The van der Waals surface area contributed by atoms with E-state index in [0.717, 1.165) is 30.0 Å². The van der Waals surface area contributed by atoms with Gasteiger partial charge in [-0.3, -0.25) is 0 Å². The van der Waals surface area contributed by atoms with Gasteiger partial charge in [-0.15, -0.1) is 0 Å². The molecule has 0 atom stereocenters. The fraction of sp³-hybridized carbons (Fsp3) is 0.200. The van der Waals surface area contributed by atoms with Crippen LogP contribution in [0, 0.1) is 0 Å². The van der Waals surface area contributed by atoms with Gasteiger partial charge in [-0.1, -0.05) is 29.3 Å². The van der Waals surface area contributed by atoms with Crippen molar-refractivity contribution in [2.24, 2.45) is 0 Å². The summed E-state index contributed by atoms with van der Waals surface area (Å²) in [5, 5.41) is 4.60. The first-order valence-electron chi connectivity index (χ1n) is 6.21. The van der Waals surface area contributed by atoms with Gasteiger partial charge in [-0.25, -0.2) is 0 Å². The highest BCUT2D eigenvalue weighted by Gasteiger charge is 2.03. The number of nitrogens with one attached hydrogen (secondary N) is 1. The van der Waals surface area contributed by atoms with Gasteiger partial charge < -0.3 is 15.8 Å². The molecule has 0 aliphatic heterocycles. The number of methoxy groups -OCH3 is 1. The smallest absolute Gasteiger partial charge is 0.121 e. The van der Waals surface area contributed by atoms with E-state index < -0.39 is 0 Å². The molecule has 0 saturated carbocycles. The zero-order chi connectivity index (χ0) is 14.5. The molecule has 2 aromatic rings. The van der Waals surface area contributed by atoms with Gasteiger partial charge in [0.05, 0.1) is 18.5 Å². The van der Waals surface area contributed by atoms with Crippen molar-refractivity contribution in [2.45, 2.75) is 6.42 Å². The number of nitrogens with two attached hydrogens (primary N) is 1. The van der Waals surface area contributed by atoms with Crippen molar-refractivity contribution in [3.63, 3.8) is 0 Å². The van der Waals surface area contributed by atoms with Crippen LogP contribution in [0.2, 0.25) is 10.0 Å². The molecular weight excluding hydrogens is 295 g/mol. The highest BCUT2D eigenvalue weighted by molar-refractivity contribution is 6.35. The van der Waals surface area contributed by atoms with Gasteiger partial charge >= 0.3 is 0 Å². The van der Waals surface area contributed by atoms with Crippen LogP contribution >= 0.6 is 23.2 Å². The Hall–Kier alpha value is -1.58. The van der Waals surface area contributed by atoms with Gasteiger partial charge in [-0.05, 0) is 36.2 Å². The molecule has 0 amide bonds. The highest BCUT2D eigenvalue weighted by Crippen LogP contribution is 2.25. The lowest BCUT2D eigenvalue weighted by Crippen LogP contribution is -2.07. The number of hydrogen-bond acceptors (Lipinski definition) is 3. The summed E-state index contributed by atoms with van der Waals surface area (Å²) >= 11 is 12.0. The topological polar surface area (TPSA) is 47.3 Å². The first-order valence-corrected chi connectivity index (χ1v) is 6.97. The number of benzene rings is 2. The third-order valence-electron chi connectivity index (χ3n) is 2.99. The Morgan fingerprint density at radius 3 is 2.65 bits per heavy atom. The minimum atomic E-state index is 0.642. The second kappa shape index (κ2) is 6.73. The van der Waals surface area contributed by atoms with Gasteiger partial charge in [0.15, 0.2) is 0 Å². The second-order valence-corrected chi connectivity index (χ2v) is 5.21. The van der Waals surface area contributed by atoms with E-state index in [9.17, 15) is 0 Å². The van der Waals surface area contributed by atoms with E-state index in [4.69, 9.17) is 33.7 Å². The summed E-state index contributed by atoms with van der Waals surface area (Å²) in [5.74, 6) is 0.770. The fourth-order valence-electron chi connectivity index (χ4n) is 1.87. The minimum Gasteiger partial charge on any atom is -0.497 e. The predicted molar refractivity (Wildman–Crippen MR) is 86.1 cm³/mol. The van der Waals surface area contributed by atoms with Crippen molar-refractivity contribution in [1.29, 1.82) is 0 Å². The summed E-state index contributed by atoms with van der Waals surface area (Å²) in [6.07, 6.45) is 0.784. The second-order valence-electron chi connectivity index (χ2n) is 4.37. The van der Waals surface area contributed by atoms with Crippen molar-refractivity contribution < 1.29 is 4.74 Å². The van der Waals surface area contributed by atoms with Crippen LogP contribution < -0.4 is 15.8 Å². The van der Waals surface area contributed by atoms with Crippen LogP contribution in [0.15, 0.2) is 36.4 Å². The molecule has 0 aliphatic rings. The summed E-state index contributed by atoms with van der Waals surface area (Å²) in [5.41, 5.74) is 8.50. The molecule has 0 radical (unpaired) electrons.